The van der Waals surface area contributed by atoms with Gasteiger partial charge in [-0.05, 0) is 53.5 Å². The van der Waals surface area contributed by atoms with Crippen LogP contribution in [0.2, 0.25) is 0 Å². The molecule has 1 aliphatic carbocycles. The summed E-state index contributed by atoms with van der Waals surface area (Å²) in [5.41, 5.74) is 4.43. The monoisotopic (exact) mass is 488 g/mol. The van der Waals surface area contributed by atoms with E-state index in [-0.39, 0.29) is 4.21 Å². The zero-order valence-electron chi connectivity index (χ0n) is 18.5. The fourth-order valence-corrected chi connectivity index (χ4v) is 7.30. The maximum atomic E-state index is 11.7. The summed E-state index contributed by atoms with van der Waals surface area (Å²) in [6.45, 7) is 3.14. The molecule has 0 spiro atoms. The molecule has 172 valence electrons. The molecule has 0 aliphatic heterocycles. The van der Waals surface area contributed by atoms with Gasteiger partial charge in [0, 0.05) is 28.4 Å². The summed E-state index contributed by atoms with van der Waals surface area (Å²) in [6.07, 6.45) is 9.58. The number of rotatable bonds is 8. The van der Waals surface area contributed by atoms with E-state index in [4.69, 9.17) is 5.14 Å². The highest BCUT2D eigenvalue weighted by atomic mass is 32.2. The molecule has 1 fully saturated rings. The van der Waals surface area contributed by atoms with Gasteiger partial charge in [-0.2, -0.15) is 0 Å². The van der Waals surface area contributed by atoms with Crippen LogP contribution in [-0.4, -0.2) is 14.5 Å². The second-order valence-corrected chi connectivity index (χ2v) is 12.5. The molecule has 4 nitrogen and oxygen atoms in total. The number of thiophene rings is 2. The minimum Gasteiger partial charge on any atom is -0.310 e. The van der Waals surface area contributed by atoms with Gasteiger partial charge in [0.25, 0.3) is 0 Å². The molecule has 0 radical (unpaired) electrons. The van der Waals surface area contributed by atoms with Crippen molar-refractivity contribution in [3.8, 4) is 21.6 Å². The van der Waals surface area contributed by atoms with E-state index in [1.165, 1.54) is 67.4 Å². The van der Waals surface area contributed by atoms with Gasteiger partial charge in [0.15, 0.2) is 0 Å². The van der Waals surface area contributed by atoms with Gasteiger partial charge in [0.1, 0.15) is 4.21 Å². The van der Waals surface area contributed by atoms with Gasteiger partial charge in [0.2, 0.25) is 10.0 Å². The topological polar surface area (TPSA) is 72.2 Å². The van der Waals surface area contributed by atoms with Crippen LogP contribution in [0.5, 0.6) is 0 Å². The number of hydrogen-bond donors (Lipinski definition) is 2. The van der Waals surface area contributed by atoms with Crippen molar-refractivity contribution in [2.24, 2.45) is 11.1 Å². The zero-order chi connectivity index (χ0) is 22.6. The van der Waals surface area contributed by atoms with Crippen molar-refractivity contribution >= 4 is 32.7 Å². The van der Waals surface area contributed by atoms with E-state index in [1.807, 2.05) is 5.38 Å². The van der Waals surface area contributed by atoms with Crippen molar-refractivity contribution in [2.45, 2.75) is 68.7 Å². The predicted octanol–water partition coefficient (Wildman–Crippen LogP) is 6.63. The van der Waals surface area contributed by atoms with Gasteiger partial charge in [-0.3, -0.25) is 0 Å². The lowest BCUT2D eigenvalue weighted by molar-refractivity contribution is 0.363. The molecule has 2 heterocycles. The van der Waals surface area contributed by atoms with Crippen molar-refractivity contribution in [1.82, 2.24) is 5.32 Å². The van der Waals surface area contributed by atoms with Crippen molar-refractivity contribution < 1.29 is 8.42 Å². The van der Waals surface area contributed by atoms with Gasteiger partial charge in [-0.15, -0.1) is 22.7 Å². The summed E-state index contributed by atoms with van der Waals surface area (Å²) in [4.78, 5) is 1.16. The Kier molecular flexibility index (Phi) is 7.84. The maximum Gasteiger partial charge on any atom is 0.247 e. The third-order valence-corrected chi connectivity index (χ3v) is 9.73. The Balaban J connectivity index is 1.50. The number of hydrogen-bond acceptors (Lipinski definition) is 5. The molecule has 4 rings (SSSR count). The first-order chi connectivity index (χ1) is 15.4. The van der Waals surface area contributed by atoms with E-state index in [2.05, 4.69) is 48.0 Å². The highest BCUT2D eigenvalue weighted by Gasteiger charge is 2.18. The van der Waals surface area contributed by atoms with E-state index in [0.717, 1.165) is 28.5 Å². The Morgan fingerprint density at radius 3 is 2.53 bits per heavy atom. The van der Waals surface area contributed by atoms with Gasteiger partial charge >= 0.3 is 0 Å². The Labute approximate surface area is 199 Å². The lowest BCUT2D eigenvalue weighted by Crippen LogP contribution is -2.28. The van der Waals surface area contributed by atoms with Crippen molar-refractivity contribution in [3.05, 3.63) is 52.7 Å². The number of nitrogens with one attached hydrogen (secondary N) is 1. The summed E-state index contributed by atoms with van der Waals surface area (Å²) in [5.74, 6) is 0.853. The first-order valence-corrected chi connectivity index (χ1v) is 14.7. The van der Waals surface area contributed by atoms with Crippen LogP contribution in [-0.2, 0) is 16.6 Å². The lowest BCUT2D eigenvalue weighted by atomic mass is 9.93. The van der Waals surface area contributed by atoms with Gasteiger partial charge in [-0.1, -0.05) is 62.8 Å². The normalized spacial score (nSPS) is 16.7. The molecule has 1 aromatic carbocycles. The molecule has 1 saturated carbocycles. The third-order valence-electron chi connectivity index (χ3n) is 6.40. The molecule has 32 heavy (non-hydrogen) atoms. The minimum absolute atomic E-state index is 0.201. The second kappa shape index (κ2) is 10.6. The van der Waals surface area contributed by atoms with Gasteiger partial charge in [0.05, 0.1) is 0 Å². The smallest absolute Gasteiger partial charge is 0.247 e. The Morgan fingerprint density at radius 1 is 1.06 bits per heavy atom. The standard InChI is InChI=1S/C25H32N2O2S3/c1-18(14-19-8-4-2-3-5-9-19)27-16-20-10-6-7-11-22(20)25-23(12-13-30-25)21-15-24(31-17-21)32(26,28)29/h6-7,10-13,15,17-19,27H,2-5,8-9,14,16H2,1H3,(H2,26,28,29)/t18-/m0/s1. The second-order valence-electron chi connectivity index (χ2n) is 8.90. The molecule has 3 N–H and O–H groups in total. The maximum absolute atomic E-state index is 11.7. The molecule has 1 aliphatic rings. The molecule has 0 amide bonds. The molecule has 7 heteroatoms. The van der Waals surface area contributed by atoms with Crippen molar-refractivity contribution in [3.63, 3.8) is 0 Å². The summed E-state index contributed by atoms with van der Waals surface area (Å²) in [7, 11) is -3.68. The number of benzene rings is 1. The number of nitrogens with two attached hydrogens (primary N) is 1. The summed E-state index contributed by atoms with van der Waals surface area (Å²) in [6, 6.07) is 12.7. The zero-order valence-corrected chi connectivity index (χ0v) is 21.0. The van der Waals surface area contributed by atoms with E-state index < -0.39 is 10.0 Å². The molecule has 3 aromatic rings. The molecule has 0 saturated heterocycles. The van der Waals surface area contributed by atoms with Crippen LogP contribution in [0, 0.1) is 5.92 Å². The number of primary sulfonamides is 1. The van der Waals surface area contributed by atoms with Crippen LogP contribution >= 0.6 is 22.7 Å². The van der Waals surface area contributed by atoms with Crippen LogP contribution in [0.25, 0.3) is 21.6 Å². The molecule has 0 bridgehead atoms. The van der Waals surface area contributed by atoms with Crippen LogP contribution in [0.3, 0.4) is 0 Å². The average molecular weight is 489 g/mol. The van der Waals surface area contributed by atoms with Crippen molar-refractivity contribution in [2.75, 3.05) is 0 Å². The first kappa shape index (κ1) is 23.6. The average Bonchev–Trinajstić information content (AvgIpc) is 3.38. The summed E-state index contributed by atoms with van der Waals surface area (Å²) >= 11 is 2.86. The van der Waals surface area contributed by atoms with Gasteiger partial charge in [-0.25, -0.2) is 13.6 Å². The van der Waals surface area contributed by atoms with Gasteiger partial charge < -0.3 is 5.32 Å². The quantitative estimate of drug-likeness (QED) is 0.350. The largest absolute Gasteiger partial charge is 0.310 e. The van der Waals surface area contributed by atoms with E-state index in [9.17, 15) is 8.42 Å². The molecular weight excluding hydrogens is 456 g/mol. The van der Waals surface area contributed by atoms with Crippen LogP contribution < -0.4 is 10.5 Å². The van der Waals surface area contributed by atoms with Crippen molar-refractivity contribution in [1.29, 1.82) is 0 Å². The highest BCUT2D eigenvalue weighted by Crippen LogP contribution is 2.40. The lowest BCUT2D eigenvalue weighted by Gasteiger charge is -2.21. The highest BCUT2D eigenvalue weighted by molar-refractivity contribution is 7.91. The minimum atomic E-state index is -3.68. The Bertz CT molecular complexity index is 1130. The van der Waals surface area contributed by atoms with Crippen LogP contribution in [0.1, 0.15) is 57.4 Å². The van der Waals surface area contributed by atoms with E-state index >= 15 is 0 Å². The predicted molar refractivity (Wildman–Crippen MR) is 137 cm³/mol. The fraction of sp³-hybridized carbons (Fsp3) is 0.440. The SMILES string of the molecule is C[C@@H](CC1CCCCCC1)NCc1ccccc1-c1sccc1-c1csc(S(N)(=O)=O)c1. The summed E-state index contributed by atoms with van der Waals surface area (Å²) < 4.78 is 23.6. The molecular formula is C25H32N2O2S3. The van der Waals surface area contributed by atoms with E-state index in [0.29, 0.717) is 6.04 Å². The van der Waals surface area contributed by atoms with E-state index in [1.54, 1.807) is 17.4 Å². The Morgan fingerprint density at radius 2 is 1.81 bits per heavy atom. The first-order valence-electron chi connectivity index (χ1n) is 11.4. The van der Waals surface area contributed by atoms with Crippen LogP contribution in [0.15, 0.2) is 51.4 Å². The number of sulfonamides is 1. The van der Waals surface area contributed by atoms with Crippen LogP contribution in [0.4, 0.5) is 0 Å². The molecule has 1 atom stereocenters. The fourth-order valence-electron chi connectivity index (χ4n) is 4.72. The third kappa shape index (κ3) is 5.88. The Hall–Kier alpha value is -1.51. The molecule has 0 unspecified atom stereocenters. The molecule has 2 aromatic heterocycles. The summed E-state index contributed by atoms with van der Waals surface area (Å²) in [5, 5.41) is 13.0.